The average molecular weight is 499 g/mol. The van der Waals surface area contributed by atoms with E-state index in [0.717, 1.165) is 41.5 Å². The van der Waals surface area contributed by atoms with Crippen LogP contribution in [0, 0.1) is 23.2 Å². The first-order valence-corrected chi connectivity index (χ1v) is 17.1. The average Bonchev–Trinajstić information content (AvgIpc) is 3.40. The molecule has 5 heteroatoms. The molecule has 1 N–H and O–H groups in total. The number of aromatic nitrogens is 2. The van der Waals surface area contributed by atoms with Gasteiger partial charge in [-0.25, -0.2) is 4.98 Å². The van der Waals surface area contributed by atoms with Gasteiger partial charge in [-0.15, -0.1) is 0 Å². The monoisotopic (exact) mass is 498 g/mol. The van der Waals surface area contributed by atoms with Crippen LogP contribution in [0.4, 0.5) is 0 Å². The van der Waals surface area contributed by atoms with Crippen LogP contribution >= 0.6 is 0 Å². The fourth-order valence-electron chi connectivity index (χ4n) is 7.98. The lowest BCUT2D eigenvalue weighted by molar-refractivity contribution is -0.0206. The summed E-state index contributed by atoms with van der Waals surface area (Å²) in [5, 5.41) is 10.9. The molecule has 0 bridgehead atoms. The highest BCUT2D eigenvalue weighted by molar-refractivity contribution is 6.73. The lowest BCUT2D eigenvalue weighted by Gasteiger charge is -2.49. The topological polar surface area (TPSA) is 47.3 Å². The van der Waals surface area contributed by atoms with Crippen LogP contribution in [0.1, 0.15) is 97.9 Å². The van der Waals surface area contributed by atoms with Crippen molar-refractivity contribution in [2.75, 3.05) is 0 Å². The van der Waals surface area contributed by atoms with Crippen molar-refractivity contribution >= 4 is 19.4 Å². The van der Waals surface area contributed by atoms with Gasteiger partial charge in [0.1, 0.15) is 11.9 Å². The van der Waals surface area contributed by atoms with Gasteiger partial charge in [0.25, 0.3) is 0 Å². The summed E-state index contributed by atoms with van der Waals surface area (Å²) >= 11 is 0. The van der Waals surface area contributed by atoms with Crippen molar-refractivity contribution in [2.24, 2.45) is 30.2 Å². The number of nitrogens with zero attached hydrogens (tertiary/aromatic N) is 2. The van der Waals surface area contributed by atoms with E-state index in [2.05, 4.69) is 45.3 Å². The highest BCUT2D eigenvalue weighted by atomic mass is 28.4. The predicted molar refractivity (Wildman–Crippen MR) is 149 cm³/mol. The second kappa shape index (κ2) is 11.1. The van der Waals surface area contributed by atoms with E-state index in [1.54, 1.807) is 0 Å². The Labute approximate surface area is 215 Å². The predicted octanol–water partition coefficient (Wildman–Crippen LogP) is 8.02. The van der Waals surface area contributed by atoms with Crippen LogP contribution in [0.15, 0.2) is 24.3 Å². The minimum atomic E-state index is -1.57. The molecule has 1 aromatic heterocycles. The van der Waals surface area contributed by atoms with Crippen molar-refractivity contribution in [2.45, 2.75) is 116 Å². The zero-order valence-corrected chi connectivity index (χ0v) is 24.2. The number of aryl methyl sites for hydroxylation is 1. The molecule has 4 nitrogen and oxygen atoms in total. The van der Waals surface area contributed by atoms with Gasteiger partial charge in [-0.1, -0.05) is 66.0 Å². The molecule has 6 atom stereocenters. The van der Waals surface area contributed by atoms with E-state index in [1.807, 2.05) is 25.2 Å². The maximum atomic E-state index is 10.9. The number of rotatable bonds is 11. The number of aliphatic hydroxyl groups excluding tert-OH is 1. The molecule has 0 amide bonds. The second-order valence-electron chi connectivity index (χ2n) is 12.0. The van der Waals surface area contributed by atoms with Gasteiger partial charge in [0.2, 0.25) is 0 Å². The van der Waals surface area contributed by atoms with E-state index in [9.17, 15) is 5.11 Å². The minimum Gasteiger partial charge on any atom is -0.414 e. The van der Waals surface area contributed by atoms with E-state index < -0.39 is 14.4 Å². The molecule has 2 aromatic rings. The van der Waals surface area contributed by atoms with Crippen LogP contribution in [0.3, 0.4) is 0 Å². The summed E-state index contributed by atoms with van der Waals surface area (Å²) in [6, 6.07) is 11.9. The maximum absolute atomic E-state index is 10.9. The van der Waals surface area contributed by atoms with Crippen molar-refractivity contribution in [3.8, 4) is 0 Å². The molecule has 0 spiro atoms. The van der Waals surface area contributed by atoms with Crippen LogP contribution in [-0.2, 0) is 11.5 Å². The SMILES string of the molecule is CC[Si](CC)(CC)OC1CCCC2(C)[C@@H]([C@H](C)CCCC(O)c3nc4ccccc4n3C)CC[C@@H]12. The Morgan fingerprint density at radius 3 is 2.51 bits per heavy atom. The van der Waals surface area contributed by atoms with Gasteiger partial charge in [0.05, 0.1) is 11.0 Å². The molecule has 196 valence electrons. The smallest absolute Gasteiger partial charge is 0.192 e. The van der Waals surface area contributed by atoms with E-state index >= 15 is 0 Å². The molecule has 35 heavy (non-hydrogen) atoms. The van der Waals surface area contributed by atoms with Crippen LogP contribution in [0.2, 0.25) is 18.1 Å². The first-order chi connectivity index (χ1) is 16.8. The molecule has 4 rings (SSSR count). The summed E-state index contributed by atoms with van der Waals surface area (Å²) in [6.07, 6.45) is 9.72. The van der Waals surface area contributed by atoms with E-state index in [-0.39, 0.29) is 0 Å². The first kappa shape index (κ1) is 26.9. The van der Waals surface area contributed by atoms with E-state index in [0.29, 0.717) is 17.4 Å². The molecule has 1 aromatic carbocycles. The quantitative estimate of drug-likeness (QED) is 0.319. The van der Waals surface area contributed by atoms with E-state index in [1.165, 1.54) is 56.7 Å². The van der Waals surface area contributed by atoms with Gasteiger partial charge >= 0.3 is 0 Å². The zero-order valence-electron chi connectivity index (χ0n) is 23.2. The van der Waals surface area contributed by atoms with Gasteiger partial charge in [0.15, 0.2) is 8.32 Å². The number of aliphatic hydroxyl groups is 1. The Morgan fingerprint density at radius 1 is 1.11 bits per heavy atom. The van der Waals surface area contributed by atoms with Crippen molar-refractivity contribution in [3.63, 3.8) is 0 Å². The van der Waals surface area contributed by atoms with E-state index in [4.69, 9.17) is 9.41 Å². The largest absolute Gasteiger partial charge is 0.414 e. The van der Waals surface area contributed by atoms with Crippen molar-refractivity contribution in [3.05, 3.63) is 30.1 Å². The Kier molecular flexibility index (Phi) is 8.49. The van der Waals surface area contributed by atoms with Crippen LogP contribution in [0.25, 0.3) is 11.0 Å². The van der Waals surface area contributed by atoms with Gasteiger partial charge in [0, 0.05) is 13.2 Å². The Morgan fingerprint density at radius 2 is 1.83 bits per heavy atom. The van der Waals surface area contributed by atoms with Crippen molar-refractivity contribution in [1.29, 1.82) is 0 Å². The molecule has 2 aliphatic carbocycles. The first-order valence-electron chi connectivity index (χ1n) is 14.6. The Balaban J connectivity index is 1.36. The third-order valence-electron chi connectivity index (χ3n) is 10.4. The third kappa shape index (κ3) is 5.15. The van der Waals surface area contributed by atoms with Gasteiger partial charge in [-0.3, -0.25) is 0 Å². The summed E-state index contributed by atoms with van der Waals surface area (Å²) in [5.41, 5.74) is 2.49. The lowest BCUT2D eigenvalue weighted by Crippen LogP contribution is -2.48. The molecule has 2 aliphatic rings. The zero-order chi connectivity index (χ0) is 25.2. The number of benzene rings is 1. The lowest BCUT2D eigenvalue weighted by atomic mass is 9.61. The van der Waals surface area contributed by atoms with Crippen molar-refractivity contribution < 1.29 is 9.53 Å². The third-order valence-corrected chi connectivity index (χ3v) is 15.1. The molecule has 3 unspecified atom stereocenters. The van der Waals surface area contributed by atoms with Crippen LogP contribution < -0.4 is 0 Å². The van der Waals surface area contributed by atoms with Gasteiger partial charge in [-0.2, -0.15) is 0 Å². The summed E-state index contributed by atoms with van der Waals surface area (Å²) in [5.74, 6) is 3.02. The van der Waals surface area contributed by atoms with Gasteiger partial charge in [-0.05, 0) is 85.5 Å². The fraction of sp³-hybridized carbons (Fsp3) is 0.767. The fourth-order valence-corrected chi connectivity index (χ4v) is 10.9. The van der Waals surface area contributed by atoms with Crippen LogP contribution in [-0.4, -0.2) is 29.1 Å². The molecular weight excluding hydrogens is 448 g/mol. The summed E-state index contributed by atoms with van der Waals surface area (Å²) in [6.45, 7) is 12.2. The molecule has 2 saturated carbocycles. The molecule has 1 heterocycles. The highest BCUT2D eigenvalue weighted by Gasteiger charge is 2.53. The molecule has 2 fully saturated rings. The van der Waals surface area contributed by atoms with Crippen LogP contribution in [0.5, 0.6) is 0 Å². The summed E-state index contributed by atoms with van der Waals surface area (Å²) in [4.78, 5) is 4.71. The normalized spacial score (nSPS) is 28.8. The number of fused-ring (bicyclic) bond motifs is 2. The Bertz CT molecular complexity index is 962. The number of hydrogen-bond acceptors (Lipinski definition) is 3. The molecule has 0 saturated heterocycles. The number of para-hydroxylation sites is 2. The second-order valence-corrected chi connectivity index (χ2v) is 16.8. The minimum absolute atomic E-state index is 0.424. The van der Waals surface area contributed by atoms with Gasteiger partial charge < -0.3 is 14.1 Å². The summed E-state index contributed by atoms with van der Waals surface area (Å²) in [7, 11) is 0.453. The summed E-state index contributed by atoms with van der Waals surface area (Å²) < 4.78 is 9.18. The Hall–Kier alpha value is -1.17. The van der Waals surface area contributed by atoms with Crippen molar-refractivity contribution in [1.82, 2.24) is 9.55 Å². The molecule has 0 aliphatic heterocycles. The maximum Gasteiger partial charge on any atom is 0.192 e. The molecule has 0 radical (unpaired) electrons. The molecular formula is C30H50N2O2Si. The standard InChI is InChI=1S/C30H50N2O2Si/c1-7-35(8-2,9-3)34-28-18-13-21-30(5)23(19-20-24(28)30)22(4)14-12-17-27(33)29-31-25-15-10-11-16-26(25)32(29)6/h10-11,15-16,22-24,27-28,33H,7-9,12-14,17-21H2,1-6H3/t22-,23-,24+,27?,28?,30?/m1/s1. The number of hydrogen-bond donors (Lipinski definition) is 1. The number of imidazole rings is 1. The highest BCUT2D eigenvalue weighted by Crippen LogP contribution is 2.59.